The van der Waals surface area contributed by atoms with Crippen LogP contribution in [0.25, 0.3) is 0 Å². The third-order valence-electron chi connectivity index (χ3n) is 3.19. The van der Waals surface area contributed by atoms with Crippen molar-refractivity contribution in [2.45, 2.75) is 6.54 Å². The third-order valence-corrected chi connectivity index (χ3v) is 3.66. The van der Waals surface area contributed by atoms with E-state index in [0.29, 0.717) is 0 Å². The standard InChI is InChI=1S/C13H18FN3S/c1-15-13(18)17-8-6-16(7-9-17)10-11-2-4-12(14)5-3-11/h2-5H,6-10H2,1H3,(H,15,18). The quantitative estimate of drug-likeness (QED) is 0.817. The first-order valence-corrected chi connectivity index (χ1v) is 6.53. The molecule has 0 saturated carbocycles. The lowest BCUT2D eigenvalue weighted by atomic mass is 10.2. The molecular formula is C13H18FN3S. The first-order chi connectivity index (χ1) is 8.69. The van der Waals surface area contributed by atoms with E-state index >= 15 is 0 Å². The van der Waals surface area contributed by atoms with E-state index in [2.05, 4.69) is 15.1 Å². The molecule has 0 aromatic heterocycles. The maximum Gasteiger partial charge on any atom is 0.168 e. The van der Waals surface area contributed by atoms with Crippen molar-refractivity contribution >= 4 is 17.3 Å². The highest BCUT2D eigenvalue weighted by molar-refractivity contribution is 7.80. The summed E-state index contributed by atoms with van der Waals surface area (Å²) >= 11 is 5.21. The zero-order valence-corrected chi connectivity index (χ0v) is 11.3. The summed E-state index contributed by atoms with van der Waals surface area (Å²) in [5, 5.41) is 3.82. The van der Waals surface area contributed by atoms with Crippen LogP contribution in [-0.2, 0) is 6.54 Å². The van der Waals surface area contributed by atoms with Crippen LogP contribution in [0, 0.1) is 5.82 Å². The largest absolute Gasteiger partial charge is 0.366 e. The number of rotatable bonds is 2. The highest BCUT2D eigenvalue weighted by atomic mass is 32.1. The predicted molar refractivity (Wildman–Crippen MR) is 74.9 cm³/mol. The predicted octanol–water partition coefficient (Wildman–Crippen LogP) is 1.45. The van der Waals surface area contributed by atoms with E-state index in [1.165, 1.54) is 12.1 Å². The average Bonchev–Trinajstić information content (AvgIpc) is 2.41. The van der Waals surface area contributed by atoms with Gasteiger partial charge in [-0.2, -0.15) is 0 Å². The van der Waals surface area contributed by atoms with Crippen LogP contribution in [0.5, 0.6) is 0 Å². The van der Waals surface area contributed by atoms with E-state index in [1.54, 1.807) is 0 Å². The van der Waals surface area contributed by atoms with Crippen LogP contribution in [0.4, 0.5) is 4.39 Å². The first kappa shape index (κ1) is 13.2. The molecule has 1 aliphatic heterocycles. The van der Waals surface area contributed by atoms with Crippen LogP contribution in [0.3, 0.4) is 0 Å². The van der Waals surface area contributed by atoms with Gasteiger partial charge in [-0.1, -0.05) is 12.1 Å². The number of benzene rings is 1. The van der Waals surface area contributed by atoms with Gasteiger partial charge in [-0.3, -0.25) is 4.90 Å². The fourth-order valence-corrected chi connectivity index (χ4v) is 2.30. The van der Waals surface area contributed by atoms with Gasteiger partial charge >= 0.3 is 0 Å². The SMILES string of the molecule is CNC(=S)N1CCN(Cc2ccc(F)cc2)CC1. The minimum absolute atomic E-state index is 0.178. The second kappa shape index (κ2) is 6.11. The van der Waals surface area contributed by atoms with E-state index in [-0.39, 0.29) is 5.82 Å². The van der Waals surface area contributed by atoms with Crippen molar-refractivity contribution in [1.29, 1.82) is 0 Å². The van der Waals surface area contributed by atoms with Gasteiger partial charge < -0.3 is 10.2 Å². The van der Waals surface area contributed by atoms with Gasteiger partial charge in [0.15, 0.2) is 5.11 Å². The molecule has 1 N–H and O–H groups in total. The maximum atomic E-state index is 12.8. The average molecular weight is 267 g/mol. The highest BCUT2D eigenvalue weighted by Crippen LogP contribution is 2.09. The summed E-state index contributed by atoms with van der Waals surface area (Å²) in [5.74, 6) is -0.178. The molecule has 1 aromatic rings. The molecule has 0 aliphatic carbocycles. The molecule has 5 heteroatoms. The summed E-state index contributed by atoms with van der Waals surface area (Å²) in [6.07, 6.45) is 0. The van der Waals surface area contributed by atoms with Gasteiger partial charge in [0.1, 0.15) is 5.82 Å². The fraction of sp³-hybridized carbons (Fsp3) is 0.462. The Balaban J connectivity index is 1.83. The molecule has 1 heterocycles. The molecule has 1 aromatic carbocycles. The van der Waals surface area contributed by atoms with Crippen molar-refractivity contribution in [3.63, 3.8) is 0 Å². The number of nitrogens with one attached hydrogen (secondary N) is 1. The summed E-state index contributed by atoms with van der Waals surface area (Å²) in [7, 11) is 1.85. The lowest BCUT2D eigenvalue weighted by molar-refractivity contribution is 0.175. The Kier molecular flexibility index (Phi) is 4.49. The van der Waals surface area contributed by atoms with Crippen molar-refractivity contribution in [3.05, 3.63) is 35.6 Å². The number of hydrogen-bond donors (Lipinski definition) is 1. The van der Waals surface area contributed by atoms with Gasteiger partial charge in [-0.05, 0) is 29.9 Å². The Morgan fingerprint density at radius 3 is 2.39 bits per heavy atom. The molecule has 0 amide bonds. The van der Waals surface area contributed by atoms with E-state index in [0.717, 1.165) is 43.4 Å². The highest BCUT2D eigenvalue weighted by Gasteiger charge is 2.18. The third kappa shape index (κ3) is 3.40. The molecule has 98 valence electrons. The Morgan fingerprint density at radius 2 is 1.83 bits per heavy atom. The topological polar surface area (TPSA) is 18.5 Å². The second-order valence-electron chi connectivity index (χ2n) is 4.44. The molecule has 1 fully saturated rings. The van der Waals surface area contributed by atoms with Crippen LogP contribution in [0.1, 0.15) is 5.56 Å². The molecule has 1 saturated heterocycles. The van der Waals surface area contributed by atoms with Gasteiger partial charge in [0.05, 0.1) is 0 Å². The fourth-order valence-electron chi connectivity index (χ4n) is 2.12. The second-order valence-corrected chi connectivity index (χ2v) is 4.83. The summed E-state index contributed by atoms with van der Waals surface area (Å²) in [5.41, 5.74) is 1.15. The van der Waals surface area contributed by atoms with E-state index in [1.807, 2.05) is 19.2 Å². The molecule has 2 rings (SSSR count). The molecular weight excluding hydrogens is 249 g/mol. The number of thiocarbonyl (C=S) groups is 1. The van der Waals surface area contributed by atoms with Crippen LogP contribution >= 0.6 is 12.2 Å². The van der Waals surface area contributed by atoms with Crippen molar-refractivity contribution in [2.24, 2.45) is 0 Å². The van der Waals surface area contributed by atoms with Crippen LogP contribution in [-0.4, -0.2) is 48.1 Å². The molecule has 1 aliphatic rings. The van der Waals surface area contributed by atoms with E-state index < -0.39 is 0 Å². The number of nitrogens with zero attached hydrogens (tertiary/aromatic N) is 2. The number of halogens is 1. The Hall–Kier alpha value is -1.20. The summed E-state index contributed by atoms with van der Waals surface area (Å²) < 4.78 is 12.8. The van der Waals surface area contributed by atoms with Crippen LogP contribution in [0.15, 0.2) is 24.3 Å². The zero-order chi connectivity index (χ0) is 13.0. The maximum absolute atomic E-state index is 12.8. The van der Waals surface area contributed by atoms with Crippen molar-refractivity contribution < 1.29 is 4.39 Å². The van der Waals surface area contributed by atoms with E-state index in [4.69, 9.17) is 12.2 Å². The molecule has 18 heavy (non-hydrogen) atoms. The van der Waals surface area contributed by atoms with Crippen LogP contribution in [0.2, 0.25) is 0 Å². The Morgan fingerprint density at radius 1 is 1.22 bits per heavy atom. The molecule has 0 spiro atoms. The van der Waals surface area contributed by atoms with Crippen LogP contribution < -0.4 is 5.32 Å². The smallest absolute Gasteiger partial charge is 0.168 e. The lowest BCUT2D eigenvalue weighted by Crippen LogP contribution is -2.50. The Labute approximate surface area is 113 Å². The minimum atomic E-state index is -0.178. The van der Waals surface area contributed by atoms with Gasteiger partial charge in [-0.25, -0.2) is 4.39 Å². The molecule has 3 nitrogen and oxygen atoms in total. The van der Waals surface area contributed by atoms with Gasteiger partial charge in [0.2, 0.25) is 0 Å². The molecule has 0 atom stereocenters. The summed E-state index contributed by atoms with van der Waals surface area (Å²) in [6.45, 7) is 4.74. The Bertz CT molecular complexity index is 399. The number of hydrogen-bond acceptors (Lipinski definition) is 2. The monoisotopic (exact) mass is 267 g/mol. The number of piperazine rings is 1. The lowest BCUT2D eigenvalue weighted by Gasteiger charge is -2.35. The van der Waals surface area contributed by atoms with Gasteiger partial charge in [0.25, 0.3) is 0 Å². The van der Waals surface area contributed by atoms with Crippen molar-refractivity contribution in [3.8, 4) is 0 Å². The summed E-state index contributed by atoms with van der Waals surface area (Å²) in [6, 6.07) is 6.73. The molecule has 0 unspecified atom stereocenters. The van der Waals surface area contributed by atoms with Gasteiger partial charge in [-0.15, -0.1) is 0 Å². The first-order valence-electron chi connectivity index (χ1n) is 6.12. The molecule has 0 bridgehead atoms. The summed E-state index contributed by atoms with van der Waals surface area (Å²) in [4.78, 5) is 4.54. The minimum Gasteiger partial charge on any atom is -0.366 e. The van der Waals surface area contributed by atoms with Crippen molar-refractivity contribution in [1.82, 2.24) is 15.1 Å². The molecule has 0 radical (unpaired) electrons. The zero-order valence-electron chi connectivity index (χ0n) is 10.5. The van der Waals surface area contributed by atoms with Gasteiger partial charge in [0, 0.05) is 39.8 Å². The van der Waals surface area contributed by atoms with E-state index in [9.17, 15) is 4.39 Å². The van der Waals surface area contributed by atoms with Crippen molar-refractivity contribution in [2.75, 3.05) is 33.2 Å². The normalized spacial score (nSPS) is 16.7.